The average molecular weight is 140 g/mol. The van der Waals surface area contributed by atoms with Gasteiger partial charge in [-0.3, -0.25) is 5.41 Å². The first kappa shape index (κ1) is 8.96. The van der Waals surface area contributed by atoms with Crippen molar-refractivity contribution in [3.8, 4) is 6.07 Å². The van der Waals surface area contributed by atoms with Crippen molar-refractivity contribution in [1.82, 2.24) is 0 Å². The largest absolute Gasteiger partial charge is 0.480 e. The summed E-state index contributed by atoms with van der Waals surface area (Å²) in [4.78, 5) is 0. The summed E-state index contributed by atoms with van der Waals surface area (Å²) in [6.07, 6.45) is 2.09. The van der Waals surface area contributed by atoms with Crippen molar-refractivity contribution >= 4 is 5.90 Å². The molecule has 3 heteroatoms. The Morgan fingerprint density at radius 2 is 2.40 bits per heavy atom. The van der Waals surface area contributed by atoms with Crippen LogP contribution in [-0.4, -0.2) is 12.5 Å². The van der Waals surface area contributed by atoms with Gasteiger partial charge in [0.1, 0.15) is 6.42 Å². The molecule has 0 saturated carbocycles. The van der Waals surface area contributed by atoms with E-state index in [0.717, 1.165) is 12.8 Å². The number of nitrogens with one attached hydrogen (secondary N) is 1. The average Bonchev–Trinajstić information content (AvgIpc) is 1.89. The molecule has 0 aromatic carbocycles. The molecule has 0 amide bonds. The molecule has 56 valence electrons. The second-order valence-corrected chi connectivity index (χ2v) is 1.96. The van der Waals surface area contributed by atoms with Crippen molar-refractivity contribution in [2.24, 2.45) is 0 Å². The van der Waals surface area contributed by atoms with Crippen molar-refractivity contribution < 1.29 is 4.74 Å². The Balaban J connectivity index is 3.15. The van der Waals surface area contributed by atoms with Crippen LogP contribution in [0.2, 0.25) is 0 Å². The predicted octanol–water partition coefficient (Wildman–Crippen LogP) is 1.69. The fourth-order valence-electron chi connectivity index (χ4n) is 0.463. The van der Waals surface area contributed by atoms with Crippen LogP contribution in [0, 0.1) is 16.7 Å². The van der Waals surface area contributed by atoms with E-state index in [2.05, 4.69) is 6.92 Å². The first-order valence-corrected chi connectivity index (χ1v) is 3.38. The molecule has 0 aliphatic heterocycles. The summed E-state index contributed by atoms with van der Waals surface area (Å²) < 4.78 is 4.88. The third-order valence-electron chi connectivity index (χ3n) is 1.01. The standard InChI is InChI=1S/C7H12N2O/c1-2-3-6-10-7(9)4-5-8/h9H,2-4,6H2,1H3. The van der Waals surface area contributed by atoms with Gasteiger partial charge in [-0.1, -0.05) is 13.3 Å². The van der Waals surface area contributed by atoms with Gasteiger partial charge in [0.25, 0.3) is 0 Å². The summed E-state index contributed by atoms with van der Waals surface area (Å²) in [6, 6.07) is 1.84. The molecule has 0 aromatic rings. The van der Waals surface area contributed by atoms with Crippen LogP contribution in [0.5, 0.6) is 0 Å². The Bertz CT molecular complexity index is 137. The van der Waals surface area contributed by atoms with Crippen LogP contribution in [0.3, 0.4) is 0 Å². The maximum absolute atomic E-state index is 8.12. The second kappa shape index (κ2) is 6.09. The number of ether oxygens (including phenoxy) is 1. The van der Waals surface area contributed by atoms with Gasteiger partial charge in [-0.15, -0.1) is 0 Å². The molecular weight excluding hydrogens is 128 g/mol. The molecule has 0 rings (SSSR count). The molecule has 0 bridgehead atoms. The molecule has 3 nitrogen and oxygen atoms in total. The molecule has 0 aliphatic rings. The fraction of sp³-hybridized carbons (Fsp3) is 0.714. The Hall–Kier alpha value is -1.04. The third kappa shape index (κ3) is 5.10. The molecule has 0 aromatic heterocycles. The molecule has 0 unspecified atom stereocenters. The van der Waals surface area contributed by atoms with Gasteiger partial charge in [-0.25, -0.2) is 0 Å². The van der Waals surface area contributed by atoms with Crippen molar-refractivity contribution in [2.45, 2.75) is 26.2 Å². The lowest BCUT2D eigenvalue weighted by molar-refractivity contribution is 0.288. The predicted molar refractivity (Wildman–Crippen MR) is 38.8 cm³/mol. The Morgan fingerprint density at radius 3 is 2.90 bits per heavy atom. The zero-order valence-electron chi connectivity index (χ0n) is 6.18. The highest BCUT2D eigenvalue weighted by Gasteiger charge is 1.93. The zero-order chi connectivity index (χ0) is 7.82. The minimum atomic E-state index is 0.0796. The molecule has 0 radical (unpaired) electrons. The van der Waals surface area contributed by atoms with Gasteiger partial charge in [-0.2, -0.15) is 5.26 Å². The summed E-state index contributed by atoms with van der Waals surface area (Å²) >= 11 is 0. The van der Waals surface area contributed by atoms with Gasteiger partial charge < -0.3 is 4.74 Å². The lowest BCUT2D eigenvalue weighted by Crippen LogP contribution is -2.02. The topological polar surface area (TPSA) is 56.9 Å². The van der Waals surface area contributed by atoms with Crippen LogP contribution >= 0.6 is 0 Å². The number of rotatable bonds is 4. The van der Waals surface area contributed by atoms with Crippen LogP contribution in [0.15, 0.2) is 0 Å². The summed E-state index contributed by atoms with van der Waals surface area (Å²) in [5.41, 5.74) is 0. The van der Waals surface area contributed by atoms with Gasteiger partial charge in [0.15, 0.2) is 5.90 Å². The summed E-state index contributed by atoms with van der Waals surface area (Å²) in [5, 5.41) is 15.1. The Morgan fingerprint density at radius 1 is 1.70 bits per heavy atom. The zero-order valence-corrected chi connectivity index (χ0v) is 6.18. The van der Waals surface area contributed by atoms with E-state index in [-0.39, 0.29) is 12.3 Å². The number of hydrogen-bond donors (Lipinski definition) is 1. The van der Waals surface area contributed by atoms with Crippen LogP contribution in [0.1, 0.15) is 26.2 Å². The minimum Gasteiger partial charge on any atom is -0.480 e. The maximum Gasteiger partial charge on any atom is 0.194 e. The molecule has 10 heavy (non-hydrogen) atoms. The lowest BCUT2D eigenvalue weighted by Gasteiger charge is -2.01. The molecule has 1 N–H and O–H groups in total. The maximum atomic E-state index is 8.12. The second-order valence-electron chi connectivity index (χ2n) is 1.96. The van der Waals surface area contributed by atoms with E-state index in [1.54, 1.807) is 0 Å². The van der Waals surface area contributed by atoms with Gasteiger partial charge in [-0.05, 0) is 6.42 Å². The first-order chi connectivity index (χ1) is 4.81. The molecule has 0 fully saturated rings. The molecular formula is C7H12N2O. The van der Waals surface area contributed by atoms with Crippen LogP contribution in [-0.2, 0) is 4.74 Å². The Kier molecular flexibility index (Phi) is 5.45. The minimum absolute atomic E-state index is 0.0796. The molecule has 0 atom stereocenters. The molecule has 0 saturated heterocycles. The Labute approximate surface area is 61.1 Å². The molecule has 0 spiro atoms. The summed E-state index contributed by atoms with van der Waals surface area (Å²) in [6.45, 7) is 2.62. The highest BCUT2D eigenvalue weighted by molar-refractivity contribution is 5.74. The first-order valence-electron chi connectivity index (χ1n) is 3.38. The molecule has 0 aliphatic carbocycles. The third-order valence-corrected chi connectivity index (χ3v) is 1.01. The van der Waals surface area contributed by atoms with E-state index >= 15 is 0 Å². The molecule has 0 heterocycles. The van der Waals surface area contributed by atoms with E-state index in [9.17, 15) is 0 Å². The van der Waals surface area contributed by atoms with Crippen LogP contribution < -0.4 is 0 Å². The summed E-state index contributed by atoms with van der Waals surface area (Å²) in [7, 11) is 0. The summed E-state index contributed by atoms with van der Waals surface area (Å²) in [5.74, 6) is 0.0796. The van der Waals surface area contributed by atoms with E-state index in [1.165, 1.54) is 0 Å². The van der Waals surface area contributed by atoms with Crippen LogP contribution in [0.4, 0.5) is 0 Å². The smallest absolute Gasteiger partial charge is 0.194 e. The normalized spacial score (nSPS) is 8.40. The van der Waals surface area contributed by atoms with Crippen molar-refractivity contribution in [3.05, 3.63) is 0 Å². The lowest BCUT2D eigenvalue weighted by atomic mass is 10.4. The van der Waals surface area contributed by atoms with E-state index in [4.69, 9.17) is 15.4 Å². The van der Waals surface area contributed by atoms with Gasteiger partial charge >= 0.3 is 0 Å². The van der Waals surface area contributed by atoms with Gasteiger partial charge in [0, 0.05) is 0 Å². The SMILES string of the molecule is CCCCOC(=N)CC#N. The van der Waals surface area contributed by atoms with Crippen molar-refractivity contribution in [1.29, 1.82) is 10.7 Å². The number of hydrogen-bond acceptors (Lipinski definition) is 3. The van der Waals surface area contributed by atoms with Crippen molar-refractivity contribution in [3.63, 3.8) is 0 Å². The highest BCUT2D eigenvalue weighted by atomic mass is 16.5. The fourth-order valence-corrected chi connectivity index (χ4v) is 0.463. The van der Waals surface area contributed by atoms with Crippen LogP contribution in [0.25, 0.3) is 0 Å². The number of nitrogens with zero attached hydrogens (tertiary/aromatic N) is 1. The van der Waals surface area contributed by atoms with Gasteiger partial charge in [0.2, 0.25) is 0 Å². The number of unbranched alkanes of at least 4 members (excludes halogenated alkanes) is 1. The monoisotopic (exact) mass is 140 g/mol. The quantitative estimate of drug-likeness (QED) is 0.367. The number of nitriles is 1. The highest BCUT2D eigenvalue weighted by Crippen LogP contribution is 1.90. The van der Waals surface area contributed by atoms with Gasteiger partial charge in [0.05, 0.1) is 12.7 Å². The van der Waals surface area contributed by atoms with E-state index in [0.29, 0.717) is 6.61 Å². The van der Waals surface area contributed by atoms with E-state index in [1.807, 2.05) is 6.07 Å². The van der Waals surface area contributed by atoms with E-state index < -0.39 is 0 Å². The van der Waals surface area contributed by atoms with Crippen molar-refractivity contribution in [2.75, 3.05) is 6.61 Å².